The van der Waals surface area contributed by atoms with E-state index < -0.39 is 12.3 Å². The van der Waals surface area contributed by atoms with Crippen LogP contribution in [0.5, 0.6) is 5.75 Å². The maximum absolute atomic E-state index is 11.6. The molecule has 5 nitrogen and oxygen atoms in total. The highest BCUT2D eigenvalue weighted by molar-refractivity contribution is 5.90. The summed E-state index contributed by atoms with van der Waals surface area (Å²) < 4.78 is 16.6. The zero-order chi connectivity index (χ0) is 22.9. The number of cyclic esters (lactones) is 1. The molecule has 2 atom stereocenters. The lowest BCUT2D eigenvalue weighted by atomic mass is 10.00. The van der Waals surface area contributed by atoms with Crippen LogP contribution in [-0.4, -0.2) is 18.2 Å². The molecule has 2 unspecified atom stereocenters. The lowest BCUT2D eigenvalue weighted by molar-refractivity contribution is -0.158. The quantitative estimate of drug-likeness (QED) is 0.180. The molecular weight excluding hydrogens is 404 g/mol. The molecule has 0 N–H and O–H groups in total. The number of hydrogen-bond donors (Lipinski definition) is 0. The number of unbranched alkanes of at least 4 members (excludes halogenated alkanes) is 3. The van der Waals surface area contributed by atoms with Crippen molar-refractivity contribution in [1.29, 1.82) is 0 Å². The van der Waals surface area contributed by atoms with E-state index in [-0.39, 0.29) is 12.1 Å². The van der Waals surface area contributed by atoms with Crippen LogP contribution < -0.4 is 4.74 Å². The summed E-state index contributed by atoms with van der Waals surface area (Å²) in [5.74, 6) is -0.171. The van der Waals surface area contributed by atoms with Crippen molar-refractivity contribution in [2.24, 2.45) is 0 Å². The van der Waals surface area contributed by atoms with E-state index in [1.807, 2.05) is 48.5 Å². The lowest BCUT2D eigenvalue weighted by Crippen LogP contribution is -2.23. The Labute approximate surface area is 189 Å². The molecule has 3 rings (SSSR count). The van der Waals surface area contributed by atoms with Crippen LogP contribution in [0.15, 0.2) is 73.3 Å². The van der Waals surface area contributed by atoms with Gasteiger partial charge in [-0.1, -0.05) is 75.7 Å². The van der Waals surface area contributed by atoms with Gasteiger partial charge in [-0.15, -0.1) is 0 Å². The molecule has 0 radical (unpaired) electrons. The van der Waals surface area contributed by atoms with Crippen LogP contribution in [0.2, 0.25) is 0 Å². The predicted molar refractivity (Wildman–Crippen MR) is 124 cm³/mol. The van der Waals surface area contributed by atoms with Gasteiger partial charge in [-0.05, 0) is 35.2 Å². The van der Waals surface area contributed by atoms with Gasteiger partial charge in [-0.3, -0.25) is 0 Å². The summed E-state index contributed by atoms with van der Waals surface area (Å²) in [6, 6.07) is 15.6. The number of hydrogen-bond acceptors (Lipinski definition) is 5. The highest BCUT2D eigenvalue weighted by Crippen LogP contribution is 2.33. The summed E-state index contributed by atoms with van der Waals surface area (Å²) in [6.07, 6.45) is 5.72. The SMILES string of the molecule is C=CC(=O)OC(CCCCCC)Oc1ccc(-c2ccc(C3CC(=C)C(=O)O3)cc2)cc1. The van der Waals surface area contributed by atoms with Gasteiger partial charge in [0.2, 0.25) is 6.29 Å². The van der Waals surface area contributed by atoms with Crippen LogP contribution in [0.25, 0.3) is 11.1 Å². The number of carbonyl (C=O) groups excluding carboxylic acids is 2. The van der Waals surface area contributed by atoms with Crippen molar-refractivity contribution >= 4 is 11.9 Å². The zero-order valence-corrected chi connectivity index (χ0v) is 18.5. The van der Waals surface area contributed by atoms with Gasteiger partial charge in [0.15, 0.2) is 0 Å². The van der Waals surface area contributed by atoms with E-state index in [0.717, 1.165) is 48.4 Å². The van der Waals surface area contributed by atoms with Crippen molar-refractivity contribution in [3.05, 3.63) is 78.9 Å². The maximum Gasteiger partial charge on any atom is 0.334 e. The fraction of sp³-hybridized carbons (Fsp3) is 0.333. The minimum Gasteiger partial charge on any atom is -0.455 e. The van der Waals surface area contributed by atoms with Gasteiger partial charge < -0.3 is 14.2 Å². The molecule has 168 valence electrons. The molecule has 5 heteroatoms. The average Bonchev–Trinajstić information content (AvgIpc) is 3.15. The second-order valence-corrected chi connectivity index (χ2v) is 7.89. The highest BCUT2D eigenvalue weighted by Gasteiger charge is 2.28. The summed E-state index contributed by atoms with van der Waals surface area (Å²) in [7, 11) is 0. The first kappa shape index (κ1) is 23.3. The largest absolute Gasteiger partial charge is 0.455 e. The Balaban J connectivity index is 1.62. The summed E-state index contributed by atoms with van der Waals surface area (Å²) in [4.78, 5) is 23.2. The van der Waals surface area contributed by atoms with Gasteiger partial charge in [0.1, 0.15) is 11.9 Å². The van der Waals surface area contributed by atoms with Crippen molar-refractivity contribution in [2.75, 3.05) is 0 Å². The summed E-state index contributed by atoms with van der Waals surface area (Å²) in [6.45, 7) is 9.34. The molecule has 1 saturated heterocycles. The maximum atomic E-state index is 11.6. The molecule has 0 amide bonds. The average molecular weight is 435 g/mol. The molecule has 2 aromatic rings. The van der Waals surface area contributed by atoms with Crippen molar-refractivity contribution in [1.82, 2.24) is 0 Å². The van der Waals surface area contributed by atoms with E-state index >= 15 is 0 Å². The second-order valence-electron chi connectivity index (χ2n) is 7.89. The van der Waals surface area contributed by atoms with Crippen LogP contribution in [0.4, 0.5) is 0 Å². The molecule has 32 heavy (non-hydrogen) atoms. The van der Waals surface area contributed by atoms with Gasteiger partial charge in [0.05, 0.1) is 0 Å². The van der Waals surface area contributed by atoms with E-state index in [1.54, 1.807) is 0 Å². The van der Waals surface area contributed by atoms with E-state index in [2.05, 4.69) is 20.1 Å². The Hall–Kier alpha value is -3.34. The first-order chi connectivity index (χ1) is 15.5. The molecule has 0 aromatic heterocycles. The summed E-state index contributed by atoms with van der Waals surface area (Å²) >= 11 is 0. The minimum atomic E-state index is -0.633. The summed E-state index contributed by atoms with van der Waals surface area (Å²) in [5.41, 5.74) is 3.53. The van der Waals surface area contributed by atoms with Crippen LogP contribution in [-0.2, 0) is 19.1 Å². The standard InChI is InChI=1S/C27H30O5/c1-4-6-7-8-9-26(32-25(28)5-2)30-23-16-14-21(15-17-23)20-10-12-22(13-11-20)24-18-19(3)27(29)31-24/h5,10-17,24,26H,2-4,6-9,18H2,1H3. The van der Waals surface area contributed by atoms with Gasteiger partial charge in [-0.2, -0.15) is 0 Å². The highest BCUT2D eigenvalue weighted by atomic mass is 16.7. The third-order valence-corrected chi connectivity index (χ3v) is 5.42. The molecule has 1 heterocycles. The molecular formula is C27H30O5. The fourth-order valence-electron chi connectivity index (χ4n) is 3.57. The number of rotatable bonds is 11. The minimum absolute atomic E-state index is 0.257. The van der Waals surface area contributed by atoms with Crippen molar-refractivity contribution in [3.8, 4) is 16.9 Å². The van der Waals surface area contributed by atoms with Crippen LogP contribution in [0, 0.1) is 0 Å². The Morgan fingerprint density at radius 2 is 1.75 bits per heavy atom. The molecule has 1 aliphatic rings. The van der Waals surface area contributed by atoms with Crippen LogP contribution >= 0.6 is 0 Å². The van der Waals surface area contributed by atoms with Crippen LogP contribution in [0.1, 0.15) is 57.1 Å². The molecule has 0 aliphatic carbocycles. The number of benzene rings is 2. The Morgan fingerprint density at radius 3 is 2.31 bits per heavy atom. The van der Waals surface area contributed by atoms with Crippen molar-refractivity contribution in [2.45, 2.75) is 57.8 Å². The Bertz CT molecular complexity index is 927. The molecule has 2 aromatic carbocycles. The molecule has 1 fully saturated rings. The van der Waals surface area contributed by atoms with E-state index in [4.69, 9.17) is 14.2 Å². The van der Waals surface area contributed by atoms with Crippen LogP contribution in [0.3, 0.4) is 0 Å². The number of esters is 2. The van der Waals surface area contributed by atoms with Gasteiger partial charge in [0, 0.05) is 24.5 Å². The molecule has 0 saturated carbocycles. The number of ether oxygens (including phenoxy) is 3. The normalized spacial score (nSPS) is 16.3. The van der Waals surface area contributed by atoms with Gasteiger partial charge in [0.25, 0.3) is 0 Å². The lowest BCUT2D eigenvalue weighted by Gasteiger charge is -2.19. The Morgan fingerprint density at radius 1 is 1.09 bits per heavy atom. The Kier molecular flexibility index (Phi) is 8.26. The fourth-order valence-corrected chi connectivity index (χ4v) is 3.57. The first-order valence-electron chi connectivity index (χ1n) is 11.1. The topological polar surface area (TPSA) is 61.8 Å². The van der Waals surface area contributed by atoms with Gasteiger partial charge >= 0.3 is 11.9 Å². The predicted octanol–water partition coefficient (Wildman–Crippen LogP) is 6.30. The second kappa shape index (κ2) is 11.3. The third-order valence-electron chi connectivity index (χ3n) is 5.42. The van der Waals surface area contributed by atoms with E-state index in [1.165, 1.54) is 0 Å². The van der Waals surface area contributed by atoms with Crippen molar-refractivity contribution in [3.63, 3.8) is 0 Å². The molecule has 1 aliphatic heterocycles. The van der Waals surface area contributed by atoms with E-state index in [0.29, 0.717) is 24.2 Å². The third kappa shape index (κ3) is 6.33. The first-order valence-corrected chi connectivity index (χ1v) is 11.1. The van der Waals surface area contributed by atoms with E-state index in [9.17, 15) is 9.59 Å². The smallest absolute Gasteiger partial charge is 0.334 e. The van der Waals surface area contributed by atoms with Gasteiger partial charge in [-0.25, -0.2) is 9.59 Å². The monoisotopic (exact) mass is 434 g/mol. The van der Waals surface area contributed by atoms with Crippen molar-refractivity contribution < 1.29 is 23.8 Å². The summed E-state index contributed by atoms with van der Waals surface area (Å²) in [5, 5.41) is 0. The zero-order valence-electron chi connectivity index (χ0n) is 18.5. The number of carbonyl (C=O) groups is 2. The molecule has 0 spiro atoms. The molecule has 0 bridgehead atoms.